The maximum atomic E-state index is 13.8. The minimum Gasteiger partial charge on any atom is -0.467 e. The van der Waals surface area contributed by atoms with Gasteiger partial charge < -0.3 is 67.5 Å². The summed E-state index contributed by atoms with van der Waals surface area (Å²) in [4.78, 5) is 40.7. The second-order valence-electron chi connectivity index (χ2n) is 21.4. The molecular formula is C66H78N2O15. The van der Waals surface area contributed by atoms with E-state index in [1.54, 1.807) is 27.7 Å². The fourth-order valence-electron chi connectivity index (χ4n) is 9.77. The summed E-state index contributed by atoms with van der Waals surface area (Å²) < 4.78 is 80.3. The van der Waals surface area contributed by atoms with E-state index in [1.807, 2.05) is 182 Å². The summed E-state index contributed by atoms with van der Waals surface area (Å²) in [6.07, 6.45) is -11.7. The van der Waals surface area contributed by atoms with E-state index < -0.39 is 97.1 Å². The predicted octanol–water partition coefficient (Wildman–Crippen LogP) is 9.57. The van der Waals surface area contributed by atoms with Crippen LogP contribution in [0.25, 0.3) is 0 Å². The lowest BCUT2D eigenvalue weighted by atomic mass is 9.94. The molecule has 8 rings (SSSR count). The Bertz CT molecular complexity index is 2830. The van der Waals surface area contributed by atoms with Crippen molar-refractivity contribution in [2.24, 2.45) is 0 Å². The van der Waals surface area contributed by atoms with Crippen molar-refractivity contribution in [2.45, 2.75) is 153 Å². The monoisotopic (exact) mass is 1140 g/mol. The van der Waals surface area contributed by atoms with Gasteiger partial charge in [-0.25, -0.2) is 9.59 Å². The molecule has 0 aliphatic carbocycles. The largest absolute Gasteiger partial charge is 0.467 e. The molecule has 2 aliphatic heterocycles. The fraction of sp³-hybridized carbons (Fsp3) is 0.409. The highest BCUT2D eigenvalue weighted by Gasteiger charge is 2.55. The quantitative estimate of drug-likeness (QED) is 0.0442. The third-order valence-corrected chi connectivity index (χ3v) is 13.8. The molecule has 0 spiro atoms. The third kappa shape index (κ3) is 19.3. The molecule has 83 heavy (non-hydrogen) atoms. The molecule has 6 aromatic rings. The van der Waals surface area contributed by atoms with E-state index in [0.29, 0.717) is 0 Å². The molecule has 0 bridgehead atoms. The van der Waals surface area contributed by atoms with Gasteiger partial charge in [-0.05, 0) is 61.1 Å². The lowest BCUT2D eigenvalue weighted by Crippen LogP contribution is -2.69. The summed E-state index contributed by atoms with van der Waals surface area (Å²) in [5, 5.41) is 5.68. The zero-order chi connectivity index (χ0) is 58.4. The molecule has 2 saturated heterocycles. The topological polar surface area (TPSA) is 186 Å². The van der Waals surface area contributed by atoms with Gasteiger partial charge in [-0.15, -0.1) is 0 Å². The van der Waals surface area contributed by atoms with Crippen LogP contribution in [0.4, 0.5) is 4.79 Å². The zero-order valence-electron chi connectivity index (χ0n) is 48.0. The van der Waals surface area contributed by atoms with Crippen LogP contribution in [0.1, 0.15) is 68.0 Å². The van der Waals surface area contributed by atoms with Crippen LogP contribution in [0.3, 0.4) is 0 Å². The van der Waals surface area contributed by atoms with Crippen LogP contribution in [-0.4, -0.2) is 117 Å². The van der Waals surface area contributed by atoms with Crippen molar-refractivity contribution < 1.29 is 71.2 Å². The molecule has 17 heteroatoms. The van der Waals surface area contributed by atoms with Gasteiger partial charge in [0.2, 0.25) is 5.91 Å². The second kappa shape index (κ2) is 31.7. The van der Waals surface area contributed by atoms with Crippen LogP contribution in [-0.2, 0) is 106 Å². The van der Waals surface area contributed by atoms with E-state index in [4.69, 9.17) is 56.8 Å². The van der Waals surface area contributed by atoms with Crippen LogP contribution in [0, 0.1) is 0 Å². The molecule has 0 radical (unpaired) electrons. The SMILES string of the molecule is COC(=O)[C@H](NC(=O)OC(C)(C)C)[C@@H](C)O[C@H]1O[C@H](COCc2ccccc2)[C@H](OCc2ccccc2)[C@H](O[C@@H]2O[C@H](COCc3ccccc3)[C@H](OCc3ccccc3)[C@H](OCc3ccccc3)[C@H]2OCc2ccccc2)[C@H]1NC(C)=O. The number of carbonyl (C=O) groups is 3. The van der Waals surface area contributed by atoms with Gasteiger partial charge in [0.05, 0.1) is 66.1 Å². The summed E-state index contributed by atoms with van der Waals surface area (Å²) in [7, 11) is 1.20. The maximum absolute atomic E-state index is 13.8. The Morgan fingerprint density at radius 1 is 0.494 bits per heavy atom. The summed E-state index contributed by atoms with van der Waals surface area (Å²) >= 11 is 0. The van der Waals surface area contributed by atoms with E-state index >= 15 is 0 Å². The smallest absolute Gasteiger partial charge is 0.408 e. The number of esters is 1. The molecule has 0 aromatic heterocycles. The lowest BCUT2D eigenvalue weighted by molar-refractivity contribution is -0.364. The summed E-state index contributed by atoms with van der Waals surface area (Å²) in [5.41, 5.74) is 4.50. The van der Waals surface area contributed by atoms with Crippen LogP contribution in [0.15, 0.2) is 182 Å². The molecule has 2 aliphatic rings. The van der Waals surface area contributed by atoms with E-state index in [2.05, 4.69) is 10.6 Å². The van der Waals surface area contributed by atoms with E-state index in [-0.39, 0.29) is 52.9 Å². The van der Waals surface area contributed by atoms with Crippen molar-refractivity contribution in [1.82, 2.24) is 10.6 Å². The highest BCUT2D eigenvalue weighted by Crippen LogP contribution is 2.37. The number of methoxy groups -OCH3 is 1. The zero-order valence-corrected chi connectivity index (χ0v) is 48.0. The van der Waals surface area contributed by atoms with Crippen molar-refractivity contribution >= 4 is 18.0 Å². The lowest BCUT2D eigenvalue weighted by Gasteiger charge is -2.51. The van der Waals surface area contributed by atoms with Crippen LogP contribution in [0.5, 0.6) is 0 Å². The van der Waals surface area contributed by atoms with Crippen molar-refractivity contribution in [1.29, 1.82) is 0 Å². The average molecular weight is 1140 g/mol. The second-order valence-corrected chi connectivity index (χ2v) is 21.4. The van der Waals surface area contributed by atoms with Crippen molar-refractivity contribution in [2.75, 3.05) is 20.3 Å². The maximum Gasteiger partial charge on any atom is 0.408 e. The molecule has 2 N–H and O–H groups in total. The third-order valence-electron chi connectivity index (χ3n) is 13.8. The highest BCUT2D eigenvalue weighted by molar-refractivity contribution is 5.82. The number of rotatable bonds is 28. The van der Waals surface area contributed by atoms with Gasteiger partial charge in [-0.2, -0.15) is 0 Å². The van der Waals surface area contributed by atoms with Crippen molar-refractivity contribution in [3.8, 4) is 0 Å². The highest BCUT2D eigenvalue weighted by atomic mass is 16.8. The number of nitrogens with one attached hydrogen (secondary N) is 2. The van der Waals surface area contributed by atoms with Gasteiger partial charge >= 0.3 is 12.1 Å². The Labute approximate surface area is 487 Å². The molecule has 2 fully saturated rings. The number of hydrogen-bond donors (Lipinski definition) is 2. The Morgan fingerprint density at radius 2 is 0.855 bits per heavy atom. The molecule has 442 valence electrons. The van der Waals surface area contributed by atoms with Gasteiger partial charge in [0.25, 0.3) is 0 Å². The normalized spacial score (nSPS) is 23.3. The number of carbonyl (C=O) groups excluding carboxylic acids is 3. The van der Waals surface area contributed by atoms with Gasteiger partial charge in [0.15, 0.2) is 18.6 Å². The first-order valence-corrected chi connectivity index (χ1v) is 28.1. The Kier molecular flexibility index (Phi) is 23.7. The van der Waals surface area contributed by atoms with Crippen molar-refractivity contribution in [3.63, 3.8) is 0 Å². The number of alkyl carbamates (subject to hydrolysis) is 1. The number of amides is 2. The van der Waals surface area contributed by atoms with E-state index in [0.717, 1.165) is 33.4 Å². The Balaban J connectivity index is 1.24. The van der Waals surface area contributed by atoms with Gasteiger partial charge in [0.1, 0.15) is 54.4 Å². The molecule has 17 nitrogen and oxygen atoms in total. The first-order valence-electron chi connectivity index (χ1n) is 28.1. The number of hydrogen-bond acceptors (Lipinski definition) is 15. The molecule has 0 saturated carbocycles. The molecule has 6 aromatic carbocycles. The molecule has 2 heterocycles. The molecule has 2 amide bonds. The van der Waals surface area contributed by atoms with Crippen LogP contribution >= 0.6 is 0 Å². The predicted molar refractivity (Wildman–Crippen MR) is 308 cm³/mol. The summed E-state index contributed by atoms with van der Waals surface area (Å²) in [5.74, 6) is -1.30. The minimum absolute atomic E-state index is 0.0282. The van der Waals surface area contributed by atoms with Gasteiger partial charge in [-0.3, -0.25) is 4.79 Å². The Hall–Kier alpha value is -6.87. The molecular weight excluding hydrogens is 1060 g/mol. The minimum atomic E-state index is -1.42. The molecule has 12 atom stereocenters. The molecule has 0 unspecified atom stereocenters. The summed E-state index contributed by atoms with van der Waals surface area (Å²) in [6.45, 7) is 9.01. The summed E-state index contributed by atoms with van der Waals surface area (Å²) in [6, 6.07) is 55.8. The van der Waals surface area contributed by atoms with Gasteiger partial charge in [0, 0.05) is 6.92 Å². The van der Waals surface area contributed by atoms with E-state index in [1.165, 1.54) is 14.0 Å². The van der Waals surface area contributed by atoms with Gasteiger partial charge in [-0.1, -0.05) is 182 Å². The average Bonchev–Trinajstić information content (AvgIpc) is 2.30. The van der Waals surface area contributed by atoms with Crippen molar-refractivity contribution in [3.05, 3.63) is 215 Å². The number of benzene rings is 6. The number of ether oxygens (including phenoxy) is 12. The van der Waals surface area contributed by atoms with Crippen LogP contribution < -0.4 is 10.6 Å². The first kappa shape index (κ1) is 62.2. The first-order chi connectivity index (χ1) is 40.3. The van der Waals surface area contributed by atoms with Crippen LogP contribution in [0.2, 0.25) is 0 Å². The standard InChI is InChI=1S/C66H78N2O15/c1-45(55(62(70)72-6)68-65(71)83-66(3,4)5)79-63-56(67-46(2)69)59(57(75-39-49-29-17-9-18-30-49)53(80-63)43-73-37-47-25-13-7-14-26-47)82-64-61(78-42-52-35-23-12-24-36-52)60(77-41-51-33-21-11-22-34-51)58(76-40-50-31-19-10-20-32-50)54(81-64)44-74-38-48-27-15-8-16-28-48/h7-36,45,53-61,63-64H,37-44H2,1-6H3,(H,67,69)(H,68,71)/t45-,53-,54-,55-,56-,57+,58+,59-,60+,61-,63+,64+/m1/s1. The Morgan fingerprint density at radius 3 is 1.24 bits per heavy atom. The van der Waals surface area contributed by atoms with E-state index in [9.17, 15) is 14.4 Å². The fourth-order valence-corrected chi connectivity index (χ4v) is 9.77.